The van der Waals surface area contributed by atoms with E-state index in [2.05, 4.69) is 15.9 Å². The molecule has 0 N–H and O–H groups in total. The molecule has 0 heterocycles. The van der Waals surface area contributed by atoms with Gasteiger partial charge in [-0.3, -0.25) is 0 Å². The molecule has 112 valence electrons. The van der Waals surface area contributed by atoms with E-state index in [0.717, 1.165) is 21.2 Å². The zero-order valence-electron chi connectivity index (χ0n) is 11.9. The number of alkyl halides is 1. The highest BCUT2D eigenvalue weighted by Crippen LogP contribution is 2.41. The predicted molar refractivity (Wildman–Crippen MR) is 86.1 cm³/mol. The molecule has 21 heavy (non-hydrogen) atoms. The highest BCUT2D eigenvalue weighted by atomic mass is 79.9. The first-order valence-corrected chi connectivity index (χ1v) is 7.52. The summed E-state index contributed by atoms with van der Waals surface area (Å²) in [6, 6.07) is 8.21. The monoisotopic (exact) mass is 372 g/mol. The van der Waals surface area contributed by atoms with Crippen LogP contribution in [0.25, 0.3) is 0 Å². The lowest BCUT2D eigenvalue weighted by molar-refractivity contribution is 0.354. The minimum atomic E-state index is -0.417. The molecule has 0 amide bonds. The number of hydrogen-bond donors (Lipinski definition) is 0. The van der Waals surface area contributed by atoms with Gasteiger partial charge in [-0.05, 0) is 47.9 Å². The Bertz CT molecular complexity index is 661. The normalized spacial score (nSPS) is 12.1. The van der Waals surface area contributed by atoms with Crippen molar-refractivity contribution in [1.29, 1.82) is 0 Å². The lowest BCUT2D eigenvalue weighted by atomic mass is 9.99. The van der Waals surface area contributed by atoms with Gasteiger partial charge in [0.05, 0.1) is 19.6 Å². The standard InChI is InChI=1S/C16H15BrClFO2/c1-9-6-10(19)4-5-11(9)16(18)12-7-14(20-2)15(21-3)8-13(12)17/h4-8,16H,1-3H3. The SMILES string of the molecule is COc1cc(Br)c(C(Cl)c2ccc(F)cc2C)cc1OC. The fraction of sp³-hybridized carbons (Fsp3) is 0.250. The van der Waals surface area contributed by atoms with Crippen LogP contribution in [0.4, 0.5) is 4.39 Å². The largest absolute Gasteiger partial charge is 0.493 e. The summed E-state index contributed by atoms with van der Waals surface area (Å²) in [5, 5.41) is -0.417. The van der Waals surface area contributed by atoms with Crippen molar-refractivity contribution < 1.29 is 13.9 Å². The summed E-state index contributed by atoms with van der Waals surface area (Å²) in [5.41, 5.74) is 2.49. The van der Waals surface area contributed by atoms with Gasteiger partial charge in [0.1, 0.15) is 5.82 Å². The van der Waals surface area contributed by atoms with Gasteiger partial charge >= 0.3 is 0 Å². The molecule has 0 fully saturated rings. The van der Waals surface area contributed by atoms with E-state index in [1.165, 1.54) is 12.1 Å². The fourth-order valence-electron chi connectivity index (χ4n) is 2.16. The molecule has 1 atom stereocenters. The molecule has 0 bridgehead atoms. The van der Waals surface area contributed by atoms with Crippen LogP contribution in [0.1, 0.15) is 22.1 Å². The summed E-state index contributed by atoms with van der Waals surface area (Å²) in [5.74, 6) is 0.945. The highest BCUT2D eigenvalue weighted by molar-refractivity contribution is 9.10. The number of halogens is 3. The molecule has 5 heteroatoms. The third kappa shape index (κ3) is 3.33. The molecule has 0 saturated heterocycles. The molecule has 2 nitrogen and oxygen atoms in total. The zero-order valence-corrected chi connectivity index (χ0v) is 14.3. The number of methoxy groups -OCH3 is 2. The van der Waals surface area contributed by atoms with Gasteiger partial charge in [0, 0.05) is 4.47 Å². The average Bonchev–Trinajstić information content (AvgIpc) is 2.46. The van der Waals surface area contributed by atoms with Crippen molar-refractivity contribution >= 4 is 27.5 Å². The molecule has 0 aliphatic heterocycles. The van der Waals surface area contributed by atoms with Crippen LogP contribution in [-0.4, -0.2) is 14.2 Å². The molecule has 1 unspecified atom stereocenters. The van der Waals surface area contributed by atoms with Crippen LogP contribution in [0.5, 0.6) is 11.5 Å². The first kappa shape index (κ1) is 16.1. The van der Waals surface area contributed by atoms with Gasteiger partial charge < -0.3 is 9.47 Å². The van der Waals surface area contributed by atoms with Crippen molar-refractivity contribution in [1.82, 2.24) is 0 Å². The van der Waals surface area contributed by atoms with Gasteiger partial charge in [-0.1, -0.05) is 22.0 Å². The van der Waals surface area contributed by atoms with Crippen LogP contribution in [0.3, 0.4) is 0 Å². The maximum Gasteiger partial charge on any atom is 0.161 e. The van der Waals surface area contributed by atoms with Gasteiger partial charge in [0.15, 0.2) is 11.5 Å². The zero-order chi connectivity index (χ0) is 15.6. The van der Waals surface area contributed by atoms with Gasteiger partial charge in [0.25, 0.3) is 0 Å². The fourth-order valence-corrected chi connectivity index (χ4v) is 3.26. The third-order valence-electron chi connectivity index (χ3n) is 3.28. The lowest BCUT2D eigenvalue weighted by Crippen LogP contribution is -2.00. The van der Waals surface area contributed by atoms with Gasteiger partial charge in [-0.25, -0.2) is 4.39 Å². The Morgan fingerprint density at radius 1 is 1.05 bits per heavy atom. The molecule has 0 spiro atoms. The van der Waals surface area contributed by atoms with Crippen molar-refractivity contribution in [2.75, 3.05) is 14.2 Å². The first-order chi connectivity index (χ1) is 9.97. The Kier molecular flexibility index (Phi) is 5.12. The summed E-state index contributed by atoms with van der Waals surface area (Å²) in [4.78, 5) is 0. The molecule has 2 rings (SSSR count). The molecule has 0 saturated carbocycles. The van der Waals surface area contributed by atoms with Crippen molar-refractivity contribution in [2.24, 2.45) is 0 Å². The number of benzene rings is 2. The van der Waals surface area contributed by atoms with E-state index < -0.39 is 5.38 Å². The predicted octanol–water partition coefficient (Wildman–Crippen LogP) is 5.24. The second kappa shape index (κ2) is 6.67. The molecule has 2 aromatic rings. The average molecular weight is 374 g/mol. The van der Waals surface area contributed by atoms with Gasteiger partial charge in [-0.2, -0.15) is 0 Å². The Hall–Kier alpha value is -1.26. The Balaban J connectivity index is 2.50. The second-order valence-corrected chi connectivity index (χ2v) is 5.88. The maximum atomic E-state index is 13.2. The van der Waals surface area contributed by atoms with Crippen molar-refractivity contribution in [3.63, 3.8) is 0 Å². The summed E-state index contributed by atoms with van der Waals surface area (Å²) in [6.45, 7) is 1.84. The van der Waals surface area contributed by atoms with E-state index >= 15 is 0 Å². The van der Waals surface area contributed by atoms with Gasteiger partial charge in [-0.15, -0.1) is 11.6 Å². The summed E-state index contributed by atoms with van der Waals surface area (Å²) in [6.07, 6.45) is 0. The number of aryl methyl sites for hydroxylation is 1. The summed E-state index contributed by atoms with van der Waals surface area (Å²) < 4.78 is 24.6. The molecule has 0 aromatic heterocycles. The van der Waals surface area contributed by atoms with E-state index in [1.807, 2.05) is 19.1 Å². The minimum Gasteiger partial charge on any atom is -0.493 e. The van der Waals surface area contributed by atoms with E-state index in [-0.39, 0.29) is 5.82 Å². The van der Waals surface area contributed by atoms with Crippen molar-refractivity contribution in [2.45, 2.75) is 12.3 Å². The molecule has 2 aromatic carbocycles. The molecular formula is C16H15BrClFO2. The summed E-state index contributed by atoms with van der Waals surface area (Å²) >= 11 is 10.1. The van der Waals surface area contributed by atoms with Crippen LogP contribution in [0.2, 0.25) is 0 Å². The smallest absolute Gasteiger partial charge is 0.161 e. The topological polar surface area (TPSA) is 18.5 Å². The number of rotatable bonds is 4. The summed E-state index contributed by atoms with van der Waals surface area (Å²) in [7, 11) is 3.15. The molecular weight excluding hydrogens is 359 g/mol. The number of ether oxygens (including phenoxy) is 2. The quantitative estimate of drug-likeness (QED) is 0.682. The van der Waals surface area contributed by atoms with Crippen LogP contribution in [0.15, 0.2) is 34.8 Å². The third-order valence-corrected chi connectivity index (χ3v) is 4.44. The van der Waals surface area contributed by atoms with Crippen LogP contribution < -0.4 is 9.47 Å². The highest BCUT2D eigenvalue weighted by Gasteiger charge is 2.19. The number of hydrogen-bond acceptors (Lipinski definition) is 2. The second-order valence-electron chi connectivity index (χ2n) is 4.59. The molecule has 0 aliphatic carbocycles. The van der Waals surface area contributed by atoms with E-state index in [4.69, 9.17) is 21.1 Å². The first-order valence-electron chi connectivity index (χ1n) is 6.29. The van der Waals surface area contributed by atoms with Crippen LogP contribution >= 0.6 is 27.5 Å². The Morgan fingerprint density at radius 2 is 1.67 bits per heavy atom. The minimum absolute atomic E-state index is 0.272. The van der Waals surface area contributed by atoms with Crippen LogP contribution in [-0.2, 0) is 0 Å². The van der Waals surface area contributed by atoms with Crippen LogP contribution in [0, 0.1) is 12.7 Å². The lowest BCUT2D eigenvalue weighted by Gasteiger charge is -2.17. The van der Waals surface area contributed by atoms with E-state index in [0.29, 0.717) is 11.5 Å². The van der Waals surface area contributed by atoms with E-state index in [9.17, 15) is 4.39 Å². The molecule has 0 radical (unpaired) electrons. The van der Waals surface area contributed by atoms with Gasteiger partial charge in [0.2, 0.25) is 0 Å². The maximum absolute atomic E-state index is 13.2. The van der Waals surface area contributed by atoms with E-state index in [1.54, 1.807) is 20.3 Å². The van der Waals surface area contributed by atoms with Crippen molar-refractivity contribution in [3.05, 3.63) is 57.3 Å². The Labute approximate surface area is 137 Å². The van der Waals surface area contributed by atoms with Crippen molar-refractivity contribution in [3.8, 4) is 11.5 Å². The molecule has 0 aliphatic rings. The Morgan fingerprint density at radius 3 is 2.24 bits per heavy atom.